The molecule has 2 aromatic rings. The first-order valence-electron chi connectivity index (χ1n) is 7.23. The van der Waals surface area contributed by atoms with Gasteiger partial charge < -0.3 is 15.0 Å². The summed E-state index contributed by atoms with van der Waals surface area (Å²) in [7, 11) is 0. The van der Waals surface area contributed by atoms with Crippen LogP contribution >= 0.6 is 11.6 Å². The highest BCUT2D eigenvalue weighted by molar-refractivity contribution is 6.30. The molecule has 22 heavy (non-hydrogen) atoms. The monoisotopic (exact) mass is 315 g/mol. The highest BCUT2D eigenvalue weighted by Gasteiger charge is 2.12. The lowest BCUT2D eigenvalue weighted by atomic mass is 10.2. The summed E-state index contributed by atoms with van der Waals surface area (Å²) >= 11 is 5.98. The van der Waals surface area contributed by atoms with Crippen LogP contribution < -0.4 is 10.2 Å². The van der Waals surface area contributed by atoms with Gasteiger partial charge in [-0.15, -0.1) is 0 Å². The van der Waals surface area contributed by atoms with Crippen LogP contribution in [-0.4, -0.2) is 31.3 Å². The Morgan fingerprint density at radius 2 is 2.05 bits per heavy atom. The number of aromatic nitrogens is 1. The molecule has 4 nitrogen and oxygen atoms in total. The minimum Gasteiger partial charge on any atom is -0.378 e. The van der Waals surface area contributed by atoms with Gasteiger partial charge >= 0.3 is 0 Å². The Kier molecular flexibility index (Phi) is 4.61. The summed E-state index contributed by atoms with van der Waals surface area (Å²) < 4.78 is 5.35. The summed E-state index contributed by atoms with van der Waals surface area (Å²) in [4.78, 5) is 6.75. The van der Waals surface area contributed by atoms with Crippen molar-refractivity contribution in [2.24, 2.45) is 0 Å². The predicted octanol–water partition coefficient (Wildman–Crippen LogP) is 3.65. The van der Waals surface area contributed by atoms with Crippen molar-refractivity contribution in [2.75, 3.05) is 36.5 Å². The third-order valence-electron chi connectivity index (χ3n) is 3.55. The third-order valence-corrected chi connectivity index (χ3v) is 3.79. The largest absolute Gasteiger partial charge is 0.378 e. The Morgan fingerprint density at radius 3 is 2.73 bits per heavy atom. The van der Waals surface area contributed by atoms with Gasteiger partial charge in [0, 0.05) is 41.3 Å². The van der Waals surface area contributed by atoms with E-state index in [9.17, 15) is 0 Å². The van der Waals surface area contributed by atoms with Gasteiger partial charge in [-0.25, -0.2) is 4.98 Å². The molecular weight excluding hydrogens is 298 g/mol. The van der Waals surface area contributed by atoms with Crippen molar-refractivity contribution in [3.05, 3.63) is 59.8 Å². The van der Waals surface area contributed by atoms with E-state index in [1.807, 2.05) is 42.6 Å². The molecular formula is C17H18ClN3O. The first-order chi connectivity index (χ1) is 10.7. The first kappa shape index (κ1) is 14.9. The van der Waals surface area contributed by atoms with Crippen LogP contribution in [0.3, 0.4) is 0 Å². The van der Waals surface area contributed by atoms with Crippen LogP contribution in [0.1, 0.15) is 5.56 Å². The van der Waals surface area contributed by atoms with E-state index in [1.165, 1.54) is 0 Å². The quantitative estimate of drug-likeness (QED) is 0.934. The fourth-order valence-corrected chi connectivity index (χ4v) is 2.55. The maximum atomic E-state index is 5.98. The molecule has 3 rings (SSSR count). The average molecular weight is 316 g/mol. The van der Waals surface area contributed by atoms with Crippen LogP contribution in [0.25, 0.3) is 5.70 Å². The number of benzene rings is 1. The Morgan fingerprint density at radius 1 is 1.23 bits per heavy atom. The second-order valence-corrected chi connectivity index (χ2v) is 5.55. The molecule has 2 heterocycles. The zero-order valence-electron chi connectivity index (χ0n) is 12.3. The molecule has 0 saturated carbocycles. The molecule has 1 fully saturated rings. The molecule has 0 amide bonds. The van der Waals surface area contributed by atoms with Crippen molar-refractivity contribution in [3.63, 3.8) is 0 Å². The minimum atomic E-state index is 0.693. The van der Waals surface area contributed by atoms with E-state index in [2.05, 4.69) is 21.8 Å². The number of ether oxygens (including phenoxy) is 1. The molecule has 0 radical (unpaired) electrons. The number of pyridine rings is 1. The first-order valence-corrected chi connectivity index (χ1v) is 7.61. The van der Waals surface area contributed by atoms with E-state index >= 15 is 0 Å². The normalized spacial score (nSPS) is 14.7. The van der Waals surface area contributed by atoms with Crippen LogP contribution in [0.15, 0.2) is 49.2 Å². The van der Waals surface area contributed by atoms with Gasteiger partial charge in [-0.2, -0.15) is 0 Å². The van der Waals surface area contributed by atoms with Crippen LogP contribution in [-0.2, 0) is 4.74 Å². The Hall–Kier alpha value is -2.04. The van der Waals surface area contributed by atoms with Gasteiger partial charge in [0.2, 0.25) is 0 Å². The molecule has 0 unspecified atom stereocenters. The summed E-state index contributed by atoms with van der Waals surface area (Å²) in [5.41, 5.74) is 2.66. The molecule has 0 bridgehead atoms. The molecule has 1 aromatic carbocycles. The summed E-state index contributed by atoms with van der Waals surface area (Å²) in [6, 6.07) is 11.6. The van der Waals surface area contributed by atoms with Crippen molar-refractivity contribution in [2.45, 2.75) is 0 Å². The van der Waals surface area contributed by atoms with Crippen LogP contribution in [0, 0.1) is 0 Å². The van der Waals surface area contributed by atoms with E-state index in [4.69, 9.17) is 16.3 Å². The maximum absolute atomic E-state index is 5.98. The average Bonchev–Trinajstić information content (AvgIpc) is 2.56. The fourth-order valence-electron chi connectivity index (χ4n) is 2.36. The fraction of sp³-hybridized carbons (Fsp3) is 0.235. The standard InChI is InChI=1S/C17H18ClN3O/c1-13(20-16-4-2-3-15(18)11-16)14-5-6-17(19-12-14)21-7-9-22-10-8-21/h2-6,11-12,20H,1,7-10H2. The second kappa shape index (κ2) is 6.81. The summed E-state index contributed by atoms with van der Waals surface area (Å²) in [6.07, 6.45) is 1.84. The number of hydrogen-bond donors (Lipinski definition) is 1. The number of hydrogen-bond acceptors (Lipinski definition) is 4. The zero-order valence-corrected chi connectivity index (χ0v) is 13.0. The molecule has 1 N–H and O–H groups in total. The van der Waals surface area contributed by atoms with Gasteiger partial charge in [0.25, 0.3) is 0 Å². The molecule has 1 aromatic heterocycles. The number of morpholine rings is 1. The number of nitrogens with zero attached hydrogens (tertiary/aromatic N) is 2. The summed E-state index contributed by atoms with van der Waals surface area (Å²) in [6.45, 7) is 7.34. The molecule has 0 atom stereocenters. The molecule has 1 aliphatic rings. The molecule has 0 spiro atoms. The van der Waals surface area contributed by atoms with Gasteiger partial charge in [-0.1, -0.05) is 24.2 Å². The molecule has 5 heteroatoms. The van der Waals surface area contributed by atoms with Gasteiger partial charge in [-0.3, -0.25) is 0 Å². The molecule has 114 valence electrons. The lowest BCUT2D eigenvalue weighted by Crippen LogP contribution is -2.36. The second-order valence-electron chi connectivity index (χ2n) is 5.12. The highest BCUT2D eigenvalue weighted by Crippen LogP contribution is 2.21. The van der Waals surface area contributed by atoms with Crippen LogP contribution in [0.2, 0.25) is 5.02 Å². The zero-order chi connectivity index (χ0) is 15.4. The molecule has 0 aliphatic carbocycles. The van der Waals surface area contributed by atoms with E-state index in [-0.39, 0.29) is 0 Å². The smallest absolute Gasteiger partial charge is 0.128 e. The lowest BCUT2D eigenvalue weighted by Gasteiger charge is -2.27. The van der Waals surface area contributed by atoms with E-state index in [0.717, 1.165) is 49.1 Å². The van der Waals surface area contributed by atoms with Gasteiger partial charge in [0.1, 0.15) is 5.82 Å². The van der Waals surface area contributed by atoms with Gasteiger partial charge in [0.05, 0.1) is 13.2 Å². The minimum absolute atomic E-state index is 0.693. The summed E-state index contributed by atoms with van der Waals surface area (Å²) in [5, 5.41) is 3.94. The van der Waals surface area contributed by atoms with Gasteiger partial charge in [-0.05, 0) is 30.3 Å². The highest BCUT2D eigenvalue weighted by atomic mass is 35.5. The molecule has 1 saturated heterocycles. The van der Waals surface area contributed by atoms with Crippen LogP contribution in [0.4, 0.5) is 11.5 Å². The lowest BCUT2D eigenvalue weighted by molar-refractivity contribution is 0.122. The number of nitrogens with one attached hydrogen (secondary N) is 1. The third kappa shape index (κ3) is 3.59. The Labute approximate surface area is 135 Å². The van der Waals surface area contributed by atoms with Crippen molar-refractivity contribution < 1.29 is 4.74 Å². The predicted molar refractivity (Wildman–Crippen MR) is 91.4 cm³/mol. The van der Waals surface area contributed by atoms with E-state index in [0.29, 0.717) is 5.02 Å². The van der Waals surface area contributed by atoms with Crippen molar-refractivity contribution in [3.8, 4) is 0 Å². The van der Waals surface area contributed by atoms with Crippen molar-refractivity contribution >= 4 is 28.8 Å². The van der Waals surface area contributed by atoms with Gasteiger partial charge in [0.15, 0.2) is 0 Å². The topological polar surface area (TPSA) is 37.4 Å². The van der Waals surface area contributed by atoms with E-state index < -0.39 is 0 Å². The van der Waals surface area contributed by atoms with Crippen molar-refractivity contribution in [1.82, 2.24) is 4.98 Å². The number of anilines is 2. The summed E-state index contributed by atoms with van der Waals surface area (Å²) in [5.74, 6) is 0.975. The molecule has 1 aliphatic heterocycles. The van der Waals surface area contributed by atoms with Crippen LogP contribution in [0.5, 0.6) is 0 Å². The van der Waals surface area contributed by atoms with E-state index in [1.54, 1.807) is 0 Å². The Bertz CT molecular complexity index is 651. The maximum Gasteiger partial charge on any atom is 0.128 e. The number of halogens is 1. The SMILES string of the molecule is C=C(Nc1cccc(Cl)c1)c1ccc(N2CCOCC2)nc1. The Balaban J connectivity index is 1.68. The van der Waals surface area contributed by atoms with Crippen molar-refractivity contribution in [1.29, 1.82) is 0 Å². The number of rotatable bonds is 4.